The molecule has 6 rings (SSSR count). The summed E-state index contributed by atoms with van der Waals surface area (Å²) in [5.41, 5.74) is -0.0817. The van der Waals surface area contributed by atoms with Crippen molar-refractivity contribution >= 4 is 28.5 Å². The summed E-state index contributed by atoms with van der Waals surface area (Å²) in [6, 6.07) is 13.7. The molecule has 1 N–H and O–H groups in total. The number of carbonyl (C=O) groups is 2. The van der Waals surface area contributed by atoms with Gasteiger partial charge in [-0.3, -0.25) is 24.4 Å². The summed E-state index contributed by atoms with van der Waals surface area (Å²) >= 11 is 0. The van der Waals surface area contributed by atoms with Crippen molar-refractivity contribution < 1.29 is 14.3 Å². The van der Waals surface area contributed by atoms with Gasteiger partial charge in [-0.15, -0.1) is 0 Å². The van der Waals surface area contributed by atoms with Crippen LogP contribution in [-0.4, -0.2) is 33.1 Å². The summed E-state index contributed by atoms with van der Waals surface area (Å²) in [5.74, 6) is -0.583. The summed E-state index contributed by atoms with van der Waals surface area (Å²) in [7, 11) is 0. The minimum Gasteiger partial charge on any atom is -0.449 e. The van der Waals surface area contributed by atoms with Crippen molar-refractivity contribution in [2.45, 2.75) is 43.6 Å². The molecule has 1 aromatic heterocycles. The van der Waals surface area contributed by atoms with Gasteiger partial charge in [0, 0.05) is 12.0 Å². The van der Waals surface area contributed by atoms with Gasteiger partial charge in [-0.1, -0.05) is 30.3 Å². The fourth-order valence-corrected chi connectivity index (χ4v) is 5.16. The van der Waals surface area contributed by atoms with Crippen LogP contribution < -0.4 is 15.8 Å². The number of hydrogen-bond acceptors (Lipinski definition) is 6. The lowest BCUT2D eigenvalue weighted by atomic mass is 9.88. The minimum atomic E-state index is -1.08. The van der Waals surface area contributed by atoms with E-state index in [-0.39, 0.29) is 17.9 Å². The Morgan fingerprint density at radius 2 is 1.81 bits per heavy atom. The zero-order chi connectivity index (χ0) is 21.5. The molecule has 2 fully saturated rings. The van der Waals surface area contributed by atoms with Crippen LogP contribution in [0.5, 0.6) is 0 Å². The average Bonchev–Trinajstić information content (AvgIpc) is 3.32. The van der Waals surface area contributed by atoms with Gasteiger partial charge in [0.05, 0.1) is 28.5 Å². The predicted molar refractivity (Wildman–Crippen MR) is 112 cm³/mol. The van der Waals surface area contributed by atoms with Crippen LogP contribution in [0.2, 0.25) is 0 Å². The van der Waals surface area contributed by atoms with E-state index in [0.717, 1.165) is 11.3 Å². The number of hydrogen-bond donors (Lipinski definition) is 1. The number of fused-ring (bicyclic) bond motifs is 6. The number of para-hydroxylation sites is 2. The van der Waals surface area contributed by atoms with Gasteiger partial charge in [-0.25, -0.2) is 9.78 Å². The molecule has 2 aromatic carbocycles. The first-order chi connectivity index (χ1) is 14.8. The van der Waals surface area contributed by atoms with E-state index in [9.17, 15) is 14.4 Å². The lowest BCUT2D eigenvalue weighted by Crippen LogP contribution is -2.50. The van der Waals surface area contributed by atoms with Crippen molar-refractivity contribution in [3.8, 4) is 0 Å². The predicted octanol–water partition coefficient (Wildman–Crippen LogP) is 1.83. The number of anilines is 1. The highest BCUT2D eigenvalue weighted by Crippen LogP contribution is 2.55. The number of benzene rings is 2. The number of amides is 1. The van der Waals surface area contributed by atoms with E-state index in [1.165, 1.54) is 10.9 Å². The first kappa shape index (κ1) is 18.3. The van der Waals surface area contributed by atoms with Crippen LogP contribution in [-0.2, 0) is 19.9 Å². The van der Waals surface area contributed by atoms with E-state index in [1.54, 1.807) is 23.1 Å². The molecule has 0 radical (unpaired) electrons. The highest BCUT2D eigenvalue weighted by molar-refractivity contribution is 6.05. The Kier molecular flexibility index (Phi) is 3.41. The van der Waals surface area contributed by atoms with Gasteiger partial charge in [-0.05, 0) is 32.0 Å². The van der Waals surface area contributed by atoms with Crippen LogP contribution in [0.15, 0.2) is 59.7 Å². The third kappa shape index (κ3) is 2.22. The first-order valence-electron chi connectivity index (χ1n) is 10.2. The normalized spacial score (nSPS) is 28.3. The van der Waals surface area contributed by atoms with Crippen molar-refractivity contribution in [2.75, 3.05) is 4.90 Å². The number of nitrogens with one attached hydrogen (secondary N) is 1. The molecule has 1 spiro atoms. The molecule has 8 nitrogen and oxygen atoms in total. The third-order valence-corrected chi connectivity index (χ3v) is 6.65. The molecular formula is C23H20N4O4. The fraction of sp³-hybridized carbons (Fsp3) is 0.304. The Balaban J connectivity index is 1.50. The molecule has 3 aromatic rings. The van der Waals surface area contributed by atoms with Crippen LogP contribution in [0.4, 0.5) is 5.69 Å². The second-order valence-corrected chi connectivity index (χ2v) is 8.87. The standard InChI is InChI=1S/C23H20N4O4/c1-22(2)21(30)27-16-10-6-4-8-14(16)23(20(27)25-22)11-17(19(29)31-23)26-12-24-15-9-5-3-7-13(15)18(26)28/h3-10,12,17,20,25H,11H2,1-2H3/t17-,20+,23+/m1/s1. The largest absolute Gasteiger partial charge is 0.449 e. The molecule has 4 heterocycles. The molecule has 8 heteroatoms. The Morgan fingerprint density at radius 1 is 1.06 bits per heavy atom. The smallest absolute Gasteiger partial charge is 0.330 e. The molecule has 0 bridgehead atoms. The number of ether oxygens (including phenoxy) is 1. The molecule has 3 aliphatic rings. The van der Waals surface area contributed by atoms with E-state index in [4.69, 9.17) is 4.74 Å². The average molecular weight is 416 g/mol. The maximum atomic E-state index is 13.1. The lowest BCUT2D eigenvalue weighted by molar-refractivity contribution is -0.152. The van der Waals surface area contributed by atoms with Gasteiger partial charge in [0.1, 0.15) is 12.2 Å². The number of nitrogens with zero attached hydrogens (tertiary/aromatic N) is 3. The summed E-state index contributed by atoms with van der Waals surface area (Å²) in [6.45, 7) is 3.63. The van der Waals surface area contributed by atoms with Crippen LogP contribution >= 0.6 is 0 Å². The summed E-state index contributed by atoms with van der Waals surface area (Å²) in [6.07, 6.45) is 1.09. The minimum absolute atomic E-state index is 0.0779. The molecule has 2 saturated heterocycles. The summed E-state index contributed by atoms with van der Waals surface area (Å²) < 4.78 is 7.40. The van der Waals surface area contributed by atoms with Crippen LogP contribution in [0.1, 0.15) is 31.9 Å². The molecule has 0 aliphatic carbocycles. The number of aromatic nitrogens is 2. The third-order valence-electron chi connectivity index (χ3n) is 6.65. The van der Waals surface area contributed by atoms with E-state index in [1.807, 2.05) is 44.2 Å². The van der Waals surface area contributed by atoms with Gasteiger partial charge in [0.15, 0.2) is 5.60 Å². The maximum Gasteiger partial charge on any atom is 0.330 e. The van der Waals surface area contributed by atoms with Gasteiger partial charge >= 0.3 is 5.97 Å². The molecule has 31 heavy (non-hydrogen) atoms. The van der Waals surface area contributed by atoms with Crippen molar-refractivity contribution in [1.82, 2.24) is 14.9 Å². The summed E-state index contributed by atoms with van der Waals surface area (Å²) in [5, 5.41) is 3.80. The van der Waals surface area contributed by atoms with Crippen molar-refractivity contribution in [3.63, 3.8) is 0 Å². The Bertz CT molecular complexity index is 1350. The van der Waals surface area contributed by atoms with Crippen LogP contribution in [0.25, 0.3) is 10.9 Å². The van der Waals surface area contributed by atoms with Crippen molar-refractivity contribution in [3.05, 3.63) is 70.8 Å². The molecular weight excluding hydrogens is 396 g/mol. The number of carbonyl (C=O) groups excluding carboxylic acids is 2. The molecule has 156 valence electrons. The Hall–Kier alpha value is -3.52. The van der Waals surface area contributed by atoms with Crippen molar-refractivity contribution in [2.24, 2.45) is 0 Å². The van der Waals surface area contributed by atoms with E-state index < -0.39 is 29.3 Å². The number of rotatable bonds is 1. The quantitative estimate of drug-likeness (QED) is 0.609. The lowest BCUT2D eigenvalue weighted by Gasteiger charge is -2.30. The van der Waals surface area contributed by atoms with Gasteiger partial charge < -0.3 is 4.74 Å². The van der Waals surface area contributed by atoms with E-state index in [2.05, 4.69) is 10.3 Å². The highest BCUT2D eigenvalue weighted by atomic mass is 16.6. The van der Waals surface area contributed by atoms with E-state index >= 15 is 0 Å². The zero-order valence-corrected chi connectivity index (χ0v) is 17.0. The van der Waals surface area contributed by atoms with Gasteiger partial charge in [0.25, 0.3) is 5.56 Å². The highest BCUT2D eigenvalue weighted by Gasteiger charge is 2.66. The Morgan fingerprint density at radius 3 is 2.65 bits per heavy atom. The zero-order valence-electron chi connectivity index (χ0n) is 17.0. The van der Waals surface area contributed by atoms with Crippen LogP contribution in [0.3, 0.4) is 0 Å². The maximum absolute atomic E-state index is 13.1. The monoisotopic (exact) mass is 416 g/mol. The summed E-state index contributed by atoms with van der Waals surface area (Å²) in [4.78, 5) is 45.4. The molecule has 3 aliphatic heterocycles. The number of esters is 1. The van der Waals surface area contributed by atoms with Gasteiger partial charge in [0.2, 0.25) is 5.91 Å². The molecule has 0 unspecified atom stereocenters. The topological polar surface area (TPSA) is 93.5 Å². The van der Waals surface area contributed by atoms with Gasteiger partial charge in [-0.2, -0.15) is 0 Å². The van der Waals surface area contributed by atoms with Crippen molar-refractivity contribution in [1.29, 1.82) is 0 Å². The molecule has 1 amide bonds. The molecule has 0 saturated carbocycles. The first-order valence-corrected chi connectivity index (χ1v) is 10.2. The van der Waals surface area contributed by atoms with Crippen LogP contribution in [0, 0.1) is 0 Å². The second kappa shape index (κ2) is 5.79. The van der Waals surface area contributed by atoms with E-state index in [0.29, 0.717) is 10.9 Å². The molecule has 3 atom stereocenters. The SMILES string of the molecule is CC1(C)N[C@H]2N(C1=O)c1ccccc1[C@@]21C[C@@H](n2cnc3ccccc3c2=O)C(=O)O1. The fourth-order valence-electron chi connectivity index (χ4n) is 5.16. The second-order valence-electron chi connectivity index (χ2n) is 8.87. The Labute approximate surface area is 177 Å².